The Labute approximate surface area is 142 Å². The molecule has 0 aliphatic carbocycles. The Balaban J connectivity index is 1.86. The number of alkyl halides is 1. The van der Waals surface area contributed by atoms with Gasteiger partial charge in [0.15, 0.2) is 0 Å². The predicted molar refractivity (Wildman–Crippen MR) is 94.6 cm³/mol. The summed E-state index contributed by atoms with van der Waals surface area (Å²) < 4.78 is 41.0. The van der Waals surface area contributed by atoms with Crippen LogP contribution in [-0.2, 0) is 9.84 Å². The van der Waals surface area contributed by atoms with Crippen molar-refractivity contribution in [3.8, 4) is 0 Å². The molecule has 6 heteroatoms. The standard InChI is InChI=1S/C18H12FNO2S2/c19-17(14-9-5-7-12-6-1-2-8-13(12)14)24(21,22)18-20-15-10-3-4-11-16(15)23-18/h1-11,17H. The molecule has 0 fully saturated rings. The molecular weight excluding hydrogens is 345 g/mol. The van der Waals surface area contributed by atoms with Gasteiger partial charge in [0.25, 0.3) is 0 Å². The second-order valence-corrected chi connectivity index (χ2v) is 8.56. The van der Waals surface area contributed by atoms with E-state index in [0.717, 1.165) is 21.4 Å². The Kier molecular flexibility index (Phi) is 3.58. The normalized spacial score (nSPS) is 13.4. The zero-order valence-electron chi connectivity index (χ0n) is 12.4. The molecule has 4 aromatic rings. The van der Waals surface area contributed by atoms with Gasteiger partial charge in [-0.2, -0.15) is 0 Å². The minimum absolute atomic E-state index is 0.146. The maximum Gasteiger partial charge on any atom is 0.241 e. The molecule has 0 amide bonds. The molecule has 0 bridgehead atoms. The smallest absolute Gasteiger partial charge is 0.225 e. The minimum Gasteiger partial charge on any atom is -0.225 e. The molecule has 0 aliphatic rings. The fraction of sp³-hybridized carbons (Fsp3) is 0.0556. The Morgan fingerprint density at radius 1 is 0.917 bits per heavy atom. The van der Waals surface area contributed by atoms with Crippen molar-refractivity contribution in [2.24, 2.45) is 0 Å². The van der Waals surface area contributed by atoms with Crippen LogP contribution in [0.1, 0.15) is 11.1 Å². The van der Waals surface area contributed by atoms with E-state index in [4.69, 9.17) is 0 Å². The first kappa shape index (κ1) is 15.2. The van der Waals surface area contributed by atoms with Crippen LogP contribution in [-0.4, -0.2) is 13.4 Å². The molecule has 4 rings (SSSR count). The number of hydrogen-bond donors (Lipinski definition) is 0. The molecule has 0 aliphatic heterocycles. The molecular formula is C18H12FNO2S2. The number of hydrogen-bond acceptors (Lipinski definition) is 4. The lowest BCUT2D eigenvalue weighted by Gasteiger charge is -2.11. The summed E-state index contributed by atoms with van der Waals surface area (Å²) in [4.78, 5) is 4.10. The van der Waals surface area contributed by atoms with Crippen LogP contribution in [0, 0.1) is 0 Å². The summed E-state index contributed by atoms with van der Waals surface area (Å²) >= 11 is 0.994. The van der Waals surface area contributed by atoms with Crippen molar-refractivity contribution in [2.45, 2.75) is 9.84 Å². The third-order valence-corrected chi connectivity index (χ3v) is 7.01. The Bertz CT molecular complexity index is 1110. The number of para-hydroxylation sites is 1. The van der Waals surface area contributed by atoms with E-state index in [9.17, 15) is 8.42 Å². The number of nitrogens with zero attached hydrogens (tertiary/aromatic N) is 1. The number of halogens is 1. The summed E-state index contributed by atoms with van der Waals surface area (Å²) in [6.45, 7) is 0. The van der Waals surface area contributed by atoms with Gasteiger partial charge in [0.05, 0.1) is 10.2 Å². The summed E-state index contributed by atoms with van der Waals surface area (Å²) in [5.41, 5.74) is -1.44. The molecule has 1 atom stereocenters. The van der Waals surface area contributed by atoms with Crippen LogP contribution < -0.4 is 0 Å². The van der Waals surface area contributed by atoms with Crippen molar-refractivity contribution in [2.75, 3.05) is 0 Å². The number of fused-ring (bicyclic) bond motifs is 2. The molecule has 1 heterocycles. The van der Waals surface area contributed by atoms with Crippen molar-refractivity contribution >= 4 is 42.2 Å². The average Bonchev–Trinajstić information content (AvgIpc) is 3.05. The van der Waals surface area contributed by atoms with Crippen molar-refractivity contribution < 1.29 is 12.8 Å². The summed E-state index contributed by atoms with van der Waals surface area (Å²) in [5.74, 6) is 0. The first-order valence-electron chi connectivity index (χ1n) is 7.28. The fourth-order valence-electron chi connectivity index (χ4n) is 2.68. The summed E-state index contributed by atoms with van der Waals surface area (Å²) in [5, 5.41) is 1.40. The van der Waals surface area contributed by atoms with E-state index in [0.29, 0.717) is 10.9 Å². The SMILES string of the molecule is O=S(=O)(c1nc2ccccc2s1)C(F)c1cccc2ccccc12. The van der Waals surface area contributed by atoms with Crippen molar-refractivity contribution in [3.63, 3.8) is 0 Å². The second-order valence-electron chi connectivity index (χ2n) is 5.38. The van der Waals surface area contributed by atoms with Crippen LogP contribution in [0.5, 0.6) is 0 Å². The van der Waals surface area contributed by atoms with E-state index in [1.54, 1.807) is 42.5 Å². The highest BCUT2D eigenvalue weighted by Crippen LogP contribution is 2.37. The van der Waals surface area contributed by atoms with Crippen molar-refractivity contribution in [1.82, 2.24) is 4.98 Å². The predicted octanol–water partition coefficient (Wildman–Crippen LogP) is 4.89. The van der Waals surface area contributed by atoms with Crippen LogP contribution in [0.25, 0.3) is 21.0 Å². The van der Waals surface area contributed by atoms with Gasteiger partial charge in [-0.15, -0.1) is 11.3 Å². The maximum atomic E-state index is 15.0. The van der Waals surface area contributed by atoms with Gasteiger partial charge in [-0.05, 0) is 22.9 Å². The first-order valence-corrected chi connectivity index (χ1v) is 9.65. The molecule has 0 saturated carbocycles. The number of rotatable bonds is 3. The number of sulfone groups is 1. The van der Waals surface area contributed by atoms with Crippen LogP contribution in [0.15, 0.2) is 71.1 Å². The monoisotopic (exact) mass is 357 g/mol. The van der Waals surface area contributed by atoms with Crippen molar-refractivity contribution in [1.29, 1.82) is 0 Å². The fourth-order valence-corrected chi connectivity index (χ4v) is 5.30. The second kappa shape index (κ2) is 5.65. The molecule has 0 radical (unpaired) electrons. The van der Waals surface area contributed by atoms with Gasteiger partial charge in [-0.1, -0.05) is 54.6 Å². The third kappa shape index (κ3) is 2.39. The number of thiazole rings is 1. The van der Waals surface area contributed by atoms with Gasteiger partial charge in [0.2, 0.25) is 19.7 Å². The Hall–Kier alpha value is -2.31. The van der Waals surface area contributed by atoms with Gasteiger partial charge < -0.3 is 0 Å². The highest BCUT2D eigenvalue weighted by Gasteiger charge is 2.33. The minimum atomic E-state index is -4.20. The van der Waals surface area contributed by atoms with E-state index in [1.165, 1.54) is 6.07 Å². The number of benzene rings is 3. The quantitative estimate of drug-likeness (QED) is 0.524. The molecule has 24 heavy (non-hydrogen) atoms. The van der Waals surface area contributed by atoms with Crippen LogP contribution in [0.2, 0.25) is 0 Å². The van der Waals surface area contributed by atoms with Crippen LogP contribution in [0.4, 0.5) is 4.39 Å². The largest absolute Gasteiger partial charge is 0.241 e. The topological polar surface area (TPSA) is 47.0 Å². The lowest BCUT2D eigenvalue weighted by atomic mass is 10.1. The van der Waals surface area contributed by atoms with Crippen LogP contribution in [0.3, 0.4) is 0 Å². The van der Waals surface area contributed by atoms with Gasteiger partial charge >= 0.3 is 0 Å². The molecule has 1 unspecified atom stereocenters. The van der Waals surface area contributed by atoms with Gasteiger partial charge in [-0.3, -0.25) is 0 Å². The molecule has 0 N–H and O–H groups in total. The molecule has 3 nitrogen and oxygen atoms in total. The van der Waals surface area contributed by atoms with Gasteiger partial charge in [0.1, 0.15) is 0 Å². The van der Waals surface area contributed by atoms with Gasteiger partial charge in [0, 0.05) is 5.56 Å². The molecule has 3 aromatic carbocycles. The van der Waals surface area contributed by atoms with E-state index in [2.05, 4.69) is 4.98 Å². The first-order chi connectivity index (χ1) is 11.6. The molecule has 0 spiro atoms. The lowest BCUT2D eigenvalue weighted by Crippen LogP contribution is -2.09. The summed E-state index contributed by atoms with van der Waals surface area (Å²) in [6.07, 6.45) is 0. The van der Waals surface area contributed by atoms with Crippen LogP contribution >= 0.6 is 11.3 Å². The zero-order chi connectivity index (χ0) is 16.7. The van der Waals surface area contributed by atoms with Crippen molar-refractivity contribution in [3.05, 3.63) is 72.3 Å². The molecule has 120 valence electrons. The summed E-state index contributed by atoms with van der Waals surface area (Å²) in [6, 6.07) is 19.2. The molecule has 1 aromatic heterocycles. The zero-order valence-corrected chi connectivity index (χ0v) is 14.0. The van der Waals surface area contributed by atoms with E-state index < -0.39 is 15.3 Å². The van der Waals surface area contributed by atoms with E-state index in [-0.39, 0.29) is 9.90 Å². The number of aromatic nitrogens is 1. The molecule has 0 saturated heterocycles. The van der Waals surface area contributed by atoms with E-state index >= 15 is 4.39 Å². The third-order valence-electron chi connectivity index (χ3n) is 3.86. The summed E-state index contributed by atoms with van der Waals surface area (Å²) in [7, 11) is -4.20. The Morgan fingerprint density at radius 2 is 1.62 bits per heavy atom. The highest BCUT2D eigenvalue weighted by molar-refractivity contribution is 7.93. The Morgan fingerprint density at radius 3 is 2.46 bits per heavy atom. The van der Waals surface area contributed by atoms with Gasteiger partial charge in [-0.25, -0.2) is 17.8 Å². The van der Waals surface area contributed by atoms with E-state index in [1.807, 2.05) is 18.2 Å². The average molecular weight is 357 g/mol. The maximum absolute atomic E-state index is 15.0. The lowest BCUT2D eigenvalue weighted by molar-refractivity contribution is 0.433. The highest BCUT2D eigenvalue weighted by atomic mass is 32.2.